The molecule has 5 rings (SSSR count). The maximum atomic E-state index is 14.0. The molecule has 1 saturated carbocycles. The van der Waals surface area contributed by atoms with Crippen LogP contribution in [-0.2, 0) is 11.3 Å². The first kappa shape index (κ1) is 22.6. The normalized spacial score (nSPS) is 24.3. The minimum absolute atomic E-state index is 0.0864. The molecule has 6 nitrogen and oxygen atoms in total. The molecule has 8 heteroatoms. The summed E-state index contributed by atoms with van der Waals surface area (Å²) in [5, 5.41) is 12.6. The van der Waals surface area contributed by atoms with E-state index >= 15 is 0 Å². The van der Waals surface area contributed by atoms with Crippen molar-refractivity contribution in [1.29, 1.82) is 5.26 Å². The Kier molecular flexibility index (Phi) is 5.88. The van der Waals surface area contributed by atoms with E-state index in [4.69, 9.17) is 0 Å². The first-order valence-electron chi connectivity index (χ1n) is 12.0. The van der Waals surface area contributed by atoms with Crippen LogP contribution in [0, 0.1) is 29.1 Å². The molecule has 2 aromatic rings. The van der Waals surface area contributed by atoms with E-state index in [1.54, 1.807) is 18.0 Å². The van der Waals surface area contributed by atoms with E-state index in [-0.39, 0.29) is 31.1 Å². The van der Waals surface area contributed by atoms with Gasteiger partial charge in [0, 0.05) is 55.2 Å². The standard InChI is InChI=1S/C26H29F2N5O/c1-17-14-26(27,28)9-6-21(17)25(34)33-16-19-3-2-10-30-24(19)31-22-5-4-20(13-23(22)33)32-11-7-18(15-29)8-12-32/h2-5,10,13,17-18,21H,6-9,11-12,14,16H2,1H3,(H,30,31)/t17-,21-/m0/s1. The summed E-state index contributed by atoms with van der Waals surface area (Å²) in [6.45, 7) is 3.67. The number of fused-ring (bicyclic) bond motifs is 2. The number of pyridine rings is 1. The molecule has 178 valence electrons. The number of alkyl halides is 2. The summed E-state index contributed by atoms with van der Waals surface area (Å²) in [4.78, 5) is 22.3. The Balaban J connectivity index is 1.49. The zero-order valence-corrected chi connectivity index (χ0v) is 19.3. The van der Waals surface area contributed by atoms with Crippen LogP contribution >= 0.6 is 0 Å². The SMILES string of the molecule is C[C@H]1CC(F)(F)CC[C@@H]1C(=O)N1Cc2cccnc2Nc2ccc(N3CCC(C#N)CC3)cc21. The van der Waals surface area contributed by atoms with Crippen molar-refractivity contribution in [2.75, 3.05) is 28.2 Å². The van der Waals surface area contributed by atoms with Gasteiger partial charge in [-0.3, -0.25) is 4.79 Å². The average molecular weight is 466 g/mol. The monoisotopic (exact) mass is 465 g/mol. The van der Waals surface area contributed by atoms with Gasteiger partial charge in [-0.05, 0) is 49.4 Å². The largest absolute Gasteiger partial charge is 0.371 e. The van der Waals surface area contributed by atoms with Gasteiger partial charge < -0.3 is 15.1 Å². The summed E-state index contributed by atoms with van der Waals surface area (Å²) in [6.07, 6.45) is 3.03. The maximum Gasteiger partial charge on any atom is 0.248 e. The summed E-state index contributed by atoms with van der Waals surface area (Å²) in [7, 11) is 0. The summed E-state index contributed by atoms with van der Waals surface area (Å²) >= 11 is 0. The predicted octanol–water partition coefficient (Wildman–Crippen LogP) is 5.48. The number of halogens is 2. The van der Waals surface area contributed by atoms with E-state index in [1.807, 2.05) is 30.3 Å². The summed E-state index contributed by atoms with van der Waals surface area (Å²) < 4.78 is 28.0. The number of amides is 1. The lowest BCUT2D eigenvalue weighted by Gasteiger charge is -2.37. The van der Waals surface area contributed by atoms with Gasteiger partial charge in [0.15, 0.2) is 0 Å². The van der Waals surface area contributed by atoms with Crippen molar-refractivity contribution in [2.24, 2.45) is 17.8 Å². The number of carbonyl (C=O) groups is 1. The van der Waals surface area contributed by atoms with E-state index in [1.165, 1.54) is 0 Å². The lowest BCUT2D eigenvalue weighted by Crippen LogP contribution is -2.43. The number of hydrogen-bond acceptors (Lipinski definition) is 5. The second-order valence-electron chi connectivity index (χ2n) is 9.83. The molecule has 1 N–H and O–H groups in total. The summed E-state index contributed by atoms with van der Waals surface area (Å²) in [5.74, 6) is -2.86. The van der Waals surface area contributed by atoms with Gasteiger partial charge in [0.25, 0.3) is 0 Å². The van der Waals surface area contributed by atoms with E-state index in [9.17, 15) is 18.8 Å². The third kappa shape index (κ3) is 4.31. The van der Waals surface area contributed by atoms with Gasteiger partial charge in [-0.2, -0.15) is 5.26 Å². The van der Waals surface area contributed by atoms with Gasteiger partial charge in [0.05, 0.1) is 24.0 Å². The van der Waals surface area contributed by atoms with E-state index in [0.29, 0.717) is 12.4 Å². The summed E-state index contributed by atoms with van der Waals surface area (Å²) in [6, 6.07) is 12.1. The quantitative estimate of drug-likeness (QED) is 0.636. The zero-order chi connectivity index (χ0) is 23.9. The van der Waals surface area contributed by atoms with Crippen LogP contribution < -0.4 is 15.1 Å². The highest BCUT2D eigenvalue weighted by Gasteiger charge is 2.44. The van der Waals surface area contributed by atoms with Crippen LogP contribution in [0.25, 0.3) is 0 Å². The van der Waals surface area contributed by atoms with Gasteiger partial charge >= 0.3 is 0 Å². The minimum Gasteiger partial charge on any atom is -0.371 e. The predicted molar refractivity (Wildman–Crippen MR) is 127 cm³/mol. The second-order valence-corrected chi connectivity index (χ2v) is 9.83. The van der Waals surface area contributed by atoms with Crippen LogP contribution in [0.1, 0.15) is 44.6 Å². The molecule has 34 heavy (non-hydrogen) atoms. The van der Waals surface area contributed by atoms with Crippen molar-refractivity contribution >= 4 is 28.8 Å². The van der Waals surface area contributed by atoms with E-state index in [0.717, 1.165) is 48.6 Å². The first-order chi connectivity index (χ1) is 16.3. The molecule has 0 spiro atoms. The Morgan fingerprint density at radius 1 is 1.24 bits per heavy atom. The number of nitriles is 1. The van der Waals surface area contributed by atoms with Gasteiger partial charge in [-0.15, -0.1) is 0 Å². The van der Waals surface area contributed by atoms with Crippen LogP contribution in [-0.4, -0.2) is 29.9 Å². The van der Waals surface area contributed by atoms with Gasteiger partial charge in [0.1, 0.15) is 5.82 Å². The molecular formula is C26H29F2N5O. The number of carbonyl (C=O) groups excluding carboxylic acids is 1. The number of piperidine rings is 1. The Labute approximate surface area is 198 Å². The van der Waals surface area contributed by atoms with Crippen LogP contribution in [0.5, 0.6) is 0 Å². The number of hydrogen-bond donors (Lipinski definition) is 1. The Hall–Kier alpha value is -3.21. The molecule has 1 saturated heterocycles. The minimum atomic E-state index is -2.70. The van der Waals surface area contributed by atoms with Crippen LogP contribution in [0.15, 0.2) is 36.5 Å². The fourth-order valence-corrected chi connectivity index (χ4v) is 5.50. The number of benzene rings is 1. The molecule has 3 aliphatic rings. The fraction of sp³-hybridized carbons (Fsp3) is 0.500. The van der Waals surface area contributed by atoms with Crippen molar-refractivity contribution in [3.05, 3.63) is 42.1 Å². The molecule has 2 atom stereocenters. The van der Waals surface area contributed by atoms with E-state index in [2.05, 4.69) is 21.3 Å². The van der Waals surface area contributed by atoms with Crippen molar-refractivity contribution in [3.63, 3.8) is 0 Å². The number of nitrogens with one attached hydrogen (secondary N) is 1. The highest BCUT2D eigenvalue weighted by molar-refractivity contribution is 6.00. The maximum absolute atomic E-state index is 14.0. The number of anilines is 4. The topological polar surface area (TPSA) is 72.3 Å². The molecule has 0 bridgehead atoms. The first-order valence-corrected chi connectivity index (χ1v) is 12.0. The molecule has 0 radical (unpaired) electrons. The summed E-state index contributed by atoms with van der Waals surface area (Å²) in [5.41, 5.74) is 3.40. The number of aromatic nitrogens is 1. The Bertz CT molecular complexity index is 1120. The molecular weight excluding hydrogens is 436 g/mol. The smallest absolute Gasteiger partial charge is 0.248 e. The lowest BCUT2D eigenvalue weighted by molar-refractivity contribution is -0.130. The molecule has 3 heterocycles. The lowest BCUT2D eigenvalue weighted by atomic mass is 9.77. The van der Waals surface area contributed by atoms with Crippen LogP contribution in [0.2, 0.25) is 0 Å². The molecule has 0 unspecified atom stereocenters. The highest BCUT2D eigenvalue weighted by Crippen LogP contribution is 2.44. The number of nitrogens with zero attached hydrogens (tertiary/aromatic N) is 4. The highest BCUT2D eigenvalue weighted by atomic mass is 19.3. The Morgan fingerprint density at radius 2 is 2.03 bits per heavy atom. The zero-order valence-electron chi connectivity index (χ0n) is 19.3. The van der Waals surface area contributed by atoms with Crippen molar-refractivity contribution in [1.82, 2.24) is 4.98 Å². The van der Waals surface area contributed by atoms with Gasteiger partial charge in [0.2, 0.25) is 11.8 Å². The van der Waals surface area contributed by atoms with Crippen molar-refractivity contribution in [2.45, 2.75) is 51.5 Å². The fourth-order valence-electron chi connectivity index (χ4n) is 5.50. The molecule has 1 amide bonds. The van der Waals surface area contributed by atoms with E-state index < -0.39 is 17.8 Å². The van der Waals surface area contributed by atoms with Crippen LogP contribution in [0.3, 0.4) is 0 Å². The second kappa shape index (κ2) is 8.86. The third-order valence-corrected chi connectivity index (χ3v) is 7.50. The van der Waals surface area contributed by atoms with Crippen LogP contribution in [0.4, 0.5) is 31.7 Å². The Morgan fingerprint density at radius 3 is 2.76 bits per heavy atom. The third-order valence-electron chi connectivity index (χ3n) is 7.50. The molecule has 1 aromatic carbocycles. The van der Waals surface area contributed by atoms with Gasteiger partial charge in [-0.1, -0.05) is 13.0 Å². The van der Waals surface area contributed by atoms with Gasteiger partial charge in [-0.25, -0.2) is 13.8 Å². The average Bonchev–Trinajstić information content (AvgIpc) is 2.99. The van der Waals surface area contributed by atoms with Crippen molar-refractivity contribution < 1.29 is 13.6 Å². The number of rotatable bonds is 2. The molecule has 1 aromatic heterocycles. The molecule has 2 aliphatic heterocycles. The molecule has 1 aliphatic carbocycles. The molecule has 2 fully saturated rings. The van der Waals surface area contributed by atoms with Crippen molar-refractivity contribution in [3.8, 4) is 6.07 Å².